The Hall–Kier alpha value is -4.08. The molecule has 39 heavy (non-hydrogen) atoms. The van der Waals surface area contributed by atoms with Gasteiger partial charge in [-0.2, -0.15) is 0 Å². The van der Waals surface area contributed by atoms with Crippen LogP contribution in [0.5, 0.6) is 11.5 Å². The number of carbonyl (C=O) groups is 3. The Balaban J connectivity index is 1.46. The molecule has 1 heterocycles. The van der Waals surface area contributed by atoms with Crippen molar-refractivity contribution in [3.8, 4) is 11.5 Å². The second-order valence-corrected chi connectivity index (χ2v) is 9.37. The van der Waals surface area contributed by atoms with E-state index in [2.05, 4.69) is 10.6 Å². The van der Waals surface area contributed by atoms with Gasteiger partial charge in [0.1, 0.15) is 16.5 Å². The van der Waals surface area contributed by atoms with E-state index >= 15 is 0 Å². The average Bonchev–Trinajstić information content (AvgIpc) is 3.14. The number of methoxy groups -OCH3 is 2. The van der Waals surface area contributed by atoms with Crippen molar-refractivity contribution in [3.63, 3.8) is 0 Å². The van der Waals surface area contributed by atoms with Crippen LogP contribution >= 0.6 is 23.2 Å². The Morgan fingerprint density at radius 1 is 0.949 bits per heavy atom. The maximum Gasteiger partial charge on any atom is 0.283 e. The molecular weight excluding hydrogens is 548 g/mol. The van der Waals surface area contributed by atoms with Gasteiger partial charge in [-0.15, -0.1) is 0 Å². The summed E-state index contributed by atoms with van der Waals surface area (Å²) in [5.74, 6) is -1.32. The molecule has 3 aromatic rings. The maximum atomic E-state index is 13.6. The highest BCUT2D eigenvalue weighted by molar-refractivity contribution is 6.53. The van der Waals surface area contributed by atoms with Gasteiger partial charge in [0.2, 0.25) is 0 Å². The fourth-order valence-electron chi connectivity index (χ4n) is 3.96. The molecule has 0 spiro atoms. The van der Waals surface area contributed by atoms with E-state index in [9.17, 15) is 18.8 Å². The van der Waals surface area contributed by atoms with Crippen molar-refractivity contribution in [2.45, 2.75) is 13.3 Å². The normalized spacial score (nSPS) is 13.1. The molecule has 3 aromatic carbocycles. The summed E-state index contributed by atoms with van der Waals surface area (Å²) >= 11 is 12.0. The predicted octanol–water partition coefficient (Wildman–Crippen LogP) is 5.21. The summed E-state index contributed by atoms with van der Waals surface area (Å²) in [6.07, 6.45) is 0.561. The molecule has 1 aliphatic rings. The summed E-state index contributed by atoms with van der Waals surface area (Å²) < 4.78 is 24.1. The van der Waals surface area contributed by atoms with Gasteiger partial charge in [0, 0.05) is 17.8 Å². The van der Waals surface area contributed by atoms with Crippen molar-refractivity contribution in [2.24, 2.45) is 0 Å². The number of ether oxygens (including phenoxy) is 2. The summed E-state index contributed by atoms with van der Waals surface area (Å²) in [5, 5.41) is 5.17. The van der Waals surface area contributed by atoms with Crippen molar-refractivity contribution in [2.75, 3.05) is 31.0 Å². The van der Waals surface area contributed by atoms with E-state index in [4.69, 9.17) is 32.7 Å². The number of imide groups is 1. The molecule has 11 heteroatoms. The van der Waals surface area contributed by atoms with Crippen LogP contribution in [0, 0.1) is 12.7 Å². The molecule has 0 bridgehead atoms. The first-order valence-corrected chi connectivity index (χ1v) is 12.5. The minimum Gasteiger partial charge on any atom is -0.493 e. The van der Waals surface area contributed by atoms with Gasteiger partial charge >= 0.3 is 0 Å². The predicted molar refractivity (Wildman–Crippen MR) is 147 cm³/mol. The van der Waals surface area contributed by atoms with E-state index in [1.54, 1.807) is 45.4 Å². The molecule has 2 N–H and O–H groups in total. The third-order valence-corrected chi connectivity index (χ3v) is 6.74. The SMILES string of the molecule is COc1ccc(CCNC(=O)c2ccc(C)c(NC3=C(Cl)C(=O)N(c4ccc(F)c(Cl)c4)C3=O)c2)cc1OC. The molecule has 0 unspecified atom stereocenters. The first kappa shape index (κ1) is 27.9. The number of hydrogen-bond acceptors (Lipinski definition) is 6. The smallest absolute Gasteiger partial charge is 0.283 e. The molecule has 0 aromatic heterocycles. The van der Waals surface area contributed by atoms with Crippen molar-refractivity contribution >= 4 is 52.3 Å². The number of rotatable bonds is 9. The Morgan fingerprint density at radius 2 is 1.69 bits per heavy atom. The average molecular weight is 572 g/mol. The van der Waals surface area contributed by atoms with Crippen LogP contribution in [0.25, 0.3) is 0 Å². The van der Waals surface area contributed by atoms with E-state index in [0.29, 0.717) is 41.3 Å². The molecule has 202 valence electrons. The molecule has 0 aliphatic carbocycles. The van der Waals surface area contributed by atoms with Crippen LogP contribution in [0.1, 0.15) is 21.5 Å². The van der Waals surface area contributed by atoms with Gasteiger partial charge in [0.05, 0.1) is 24.9 Å². The van der Waals surface area contributed by atoms with Crippen molar-refractivity contribution < 1.29 is 28.2 Å². The maximum absolute atomic E-state index is 13.6. The third kappa shape index (κ3) is 5.84. The minimum atomic E-state index is -0.784. The zero-order chi connectivity index (χ0) is 28.3. The standard InChI is InChI=1S/C28H24Cl2FN3O5/c1-15-4-6-17(26(35)32-11-10-16-5-9-22(38-2)23(12-16)39-3)13-21(15)33-25-24(30)27(36)34(28(25)37)18-7-8-20(31)19(29)14-18/h4-9,12-14,33H,10-11H2,1-3H3,(H,32,35). The van der Waals surface area contributed by atoms with Crippen LogP contribution in [0.3, 0.4) is 0 Å². The second kappa shape index (κ2) is 11.8. The number of anilines is 2. The van der Waals surface area contributed by atoms with Gasteiger partial charge < -0.3 is 20.1 Å². The molecule has 0 saturated heterocycles. The van der Waals surface area contributed by atoms with E-state index in [1.807, 2.05) is 12.1 Å². The van der Waals surface area contributed by atoms with Crippen molar-refractivity contribution in [3.05, 3.63) is 92.9 Å². The number of amides is 3. The first-order valence-electron chi connectivity index (χ1n) is 11.7. The van der Waals surface area contributed by atoms with Gasteiger partial charge in [-0.25, -0.2) is 9.29 Å². The Kier molecular flexibility index (Phi) is 8.42. The van der Waals surface area contributed by atoms with E-state index in [0.717, 1.165) is 22.6 Å². The minimum absolute atomic E-state index is 0.0747. The number of nitrogens with zero attached hydrogens (tertiary/aromatic N) is 1. The first-order chi connectivity index (χ1) is 18.6. The summed E-state index contributed by atoms with van der Waals surface area (Å²) in [6, 6.07) is 13.9. The van der Waals surface area contributed by atoms with Crippen LogP contribution in [0.15, 0.2) is 65.3 Å². The molecule has 0 saturated carbocycles. The lowest BCUT2D eigenvalue weighted by Gasteiger charge is -2.16. The van der Waals surface area contributed by atoms with Gasteiger partial charge in [-0.05, 0) is 66.9 Å². The number of aryl methyl sites for hydroxylation is 1. The van der Waals surface area contributed by atoms with Gasteiger partial charge in [0.15, 0.2) is 11.5 Å². The summed E-state index contributed by atoms with van der Waals surface area (Å²) in [7, 11) is 3.12. The monoisotopic (exact) mass is 571 g/mol. The molecule has 4 rings (SSSR count). The lowest BCUT2D eigenvalue weighted by molar-refractivity contribution is -0.120. The van der Waals surface area contributed by atoms with Crippen LogP contribution in [0.2, 0.25) is 5.02 Å². The Bertz CT molecular complexity index is 1510. The largest absolute Gasteiger partial charge is 0.493 e. The molecule has 0 fully saturated rings. The van der Waals surface area contributed by atoms with Crippen LogP contribution in [-0.4, -0.2) is 38.5 Å². The van der Waals surface area contributed by atoms with Gasteiger partial charge in [-0.3, -0.25) is 14.4 Å². The Labute approximate surface area is 234 Å². The van der Waals surface area contributed by atoms with E-state index in [1.165, 1.54) is 6.07 Å². The number of benzene rings is 3. The molecule has 8 nitrogen and oxygen atoms in total. The summed E-state index contributed by atoms with van der Waals surface area (Å²) in [5.41, 5.74) is 2.32. The van der Waals surface area contributed by atoms with Crippen LogP contribution < -0.4 is 25.0 Å². The highest BCUT2D eigenvalue weighted by atomic mass is 35.5. The molecule has 0 atom stereocenters. The number of hydrogen-bond donors (Lipinski definition) is 2. The van der Waals surface area contributed by atoms with Crippen LogP contribution in [0.4, 0.5) is 15.8 Å². The lowest BCUT2D eigenvalue weighted by Crippen LogP contribution is -2.32. The highest BCUT2D eigenvalue weighted by Crippen LogP contribution is 2.33. The molecule has 1 aliphatic heterocycles. The number of nitrogens with one attached hydrogen (secondary N) is 2. The van der Waals surface area contributed by atoms with Crippen molar-refractivity contribution in [1.29, 1.82) is 0 Å². The highest BCUT2D eigenvalue weighted by Gasteiger charge is 2.39. The molecular formula is C28H24Cl2FN3O5. The van der Waals surface area contributed by atoms with E-state index < -0.39 is 17.6 Å². The van der Waals surface area contributed by atoms with Crippen molar-refractivity contribution in [1.82, 2.24) is 5.32 Å². The molecule has 0 radical (unpaired) electrons. The second-order valence-electron chi connectivity index (χ2n) is 8.58. The van der Waals surface area contributed by atoms with E-state index in [-0.39, 0.29) is 27.3 Å². The lowest BCUT2D eigenvalue weighted by atomic mass is 10.1. The van der Waals surface area contributed by atoms with Gasteiger partial charge in [0.25, 0.3) is 17.7 Å². The Morgan fingerprint density at radius 3 is 2.38 bits per heavy atom. The third-order valence-electron chi connectivity index (χ3n) is 6.10. The zero-order valence-electron chi connectivity index (χ0n) is 21.2. The quantitative estimate of drug-likeness (QED) is 0.342. The van der Waals surface area contributed by atoms with Gasteiger partial charge in [-0.1, -0.05) is 35.3 Å². The fourth-order valence-corrected chi connectivity index (χ4v) is 4.35. The summed E-state index contributed by atoms with van der Waals surface area (Å²) in [6.45, 7) is 2.14. The van der Waals surface area contributed by atoms with Crippen LogP contribution in [-0.2, 0) is 16.0 Å². The fraction of sp³-hybridized carbons (Fsp3) is 0.179. The molecule has 3 amide bonds. The number of carbonyl (C=O) groups excluding carboxylic acids is 3. The summed E-state index contributed by atoms with van der Waals surface area (Å²) in [4.78, 5) is 39.5. The zero-order valence-corrected chi connectivity index (χ0v) is 22.7. The topological polar surface area (TPSA) is 97.0 Å². The number of halogens is 3.